The molecule has 2 amide bonds. The van der Waals surface area contributed by atoms with Gasteiger partial charge in [-0.3, -0.25) is 19.3 Å². The molecule has 0 saturated heterocycles. The minimum absolute atomic E-state index is 0.0330. The van der Waals surface area contributed by atoms with Crippen LogP contribution in [0.15, 0.2) is 11.6 Å². The van der Waals surface area contributed by atoms with Gasteiger partial charge in [-0.1, -0.05) is 6.92 Å². The summed E-state index contributed by atoms with van der Waals surface area (Å²) < 4.78 is 4.72. The summed E-state index contributed by atoms with van der Waals surface area (Å²) in [6.45, 7) is 1.59. The average molecular weight is 268 g/mol. The lowest BCUT2D eigenvalue weighted by atomic mass is 10.2. The second-order valence-electron chi connectivity index (χ2n) is 3.91. The Morgan fingerprint density at radius 2 is 2.00 bits per heavy atom. The van der Waals surface area contributed by atoms with Crippen molar-refractivity contribution in [3.63, 3.8) is 0 Å². The summed E-state index contributed by atoms with van der Waals surface area (Å²) >= 11 is 0. The predicted molar refractivity (Wildman–Crippen MR) is 60.3 cm³/mol. The zero-order chi connectivity index (χ0) is 14.4. The van der Waals surface area contributed by atoms with Gasteiger partial charge in [-0.15, -0.1) is 0 Å². The number of imide groups is 1. The summed E-state index contributed by atoms with van der Waals surface area (Å²) in [6, 6.07) is 0. The molecule has 1 heterocycles. The molecular formula is C12H14NO6-. The van der Waals surface area contributed by atoms with Crippen LogP contribution in [0.25, 0.3) is 0 Å². The van der Waals surface area contributed by atoms with Crippen LogP contribution < -0.4 is 5.11 Å². The summed E-state index contributed by atoms with van der Waals surface area (Å²) in [5.41, 5.74) is 0.424. The van der Waals surface area contributed by atoms with Gasteiger partial charge in [-0.05, 0) is 12.8 Å². The summed E-state index contributed by atoms with van der Waals surface area (Å²) in [5.74, 6) is -2.84. The van der Waals surface area contributed by atoms with E-state index in [1.807, 2.05) is 0 Å². The molecule has 0 fully saturated rings. The van der Waals surface area contributed by atoms with Gasteiger partial charge < -0.3 is 14.6 Å². The first kappa shape index (κ1) is 14.9. The van der Waals surface area contributed by atoms with Gasteiger partial charge in [-0.25, -0.2) is 0 Å². The fourth-order valence-corrected chi connectivity index (χ4v) is 1.55. The second kappa shape index (κ2) is 6.67. The van der Waals surface area contributed by atoms with E-state index >= 15 is 0 Å². The lowest BCUT2D eigenvalue weighted by Gasteiger charge is -2.14. The number of hydrogen-bond donors (Lipinski definition) is 0. The fraction of sp³-hybridized carbons (Fsp3) is 0.500. The molecule has 0 aromatic rings. The molecule has 0 radical (unpaired) electrons. The van der Waals surface area contributed by atoms with Crippen LogP contribution in [0.2, 0.25) is 0 Å². The quantitative estimate of drug-likeness (QED) is 0.423. The van der Waals surface area contributed by atoms with Gasteiger partial charge in [0.2, 0.25) is 0 Å². The molecule has 19 heavy (non-hydrogen) atoms. The zero-order valence-electron chi connectivity index (χ0n) is 10.5. The van der Waals surface area contributed by atoms with Gasteiger partial charge in [0, 0.05) is 17.6 Å². The lowest BCUT2D eigenvalue weighted by molar-refractivity contribution is -0.305. The lowest BCUT2D eigenvalue weighted by Crippen LogP contribution is -2.34. The fourth-order valence-electron chi connectivity index (χ4n) is 1.55. The van der Waals surface area contributed by atoms with Gasteiger partial charge >= 0.3 is 5.97 Å². The highest BCUT2D eigenvalue weighted by molar-refractivity contribution is 6.16. The van der Waals surface area contributed by atoms with Crippen LogP contribution in [-0.2, 0) is 23.9 Å². The minimum Gasteiger partial charge on any atom is -0.550 e. The Bertz CT molecular complexity index is 440. The molecule has 1 rings (SSSR count). The van der Waals surface area contributed by atoms with Gasteiger partial charge in [0.25, 0.3) is 11.8 Å². The molecular weight excluding hydrogens is 254 g/mol. The average Bonchev–Trinajstić information content (AvgIpc) is 2.63. The number of carbonyl (C=O) groups is 4. The number of rotatable bonds is 7. The Hall–Kier alpha value is -2.18. The normalized spacial score (nSPS) is 14.6. The van der Waals surface area contributed by atoms with E-state index in [1.54, 1.807) is 6.92 Å². The standard InChI is InChI=1S/C12H15NO6/c1-2-8-7-9(14)13(12(8)18)5-6-19-11(17)4-3-10(15)16/h7H,2-6H2,1H3,(H,15,16)/p-1. The third kappa shape index (κ3) is 4.20. The van der Waals surface area contributed by atoms with E-state index in [0.29, 0.717) is 12.0 Å². The SMILES string of the molecule is CCC1=CC(=O)N(CCOC(=O)CCC(=O)[O-])C1=O. The molecule has 0 aliphatic carbocycles. The second-order valence-corrected chi connectivity index (χ2v) is 3.91. The summed E-state index contributed by atoms with van der Waals surface area (Å²) in [6.07, 6.45) is 1.03. The van der Waals surface area contributed by atoms with Gasteiger partial charge in [-0.2, -0.15) is 0 Å². The van der Waals surface area contributed by atoms with Crippen LogP contribution in [0.1, 0.15) is 26.2 Å². The number of hydrogen-bond acceptors (Lipinski definition) is 6. The highest BCUT2D eigenvalue weighted by Gasteiger charge is 2.29. The van der Waals surface area contributed by atoms with E-state index in [1.165, 1.54) is 6.08 Å². The molecule has 7 nitrogen and oxygen atoms in total. The van der Waals surface area contributed by atoms with Crippen molar-refractivity contribution in [2.45, 2.75) is 26.2 Å². The first-order valence-corrected chi connectivity index (χ1v) is 5.87. The largest absolute Gasteiger partial charge is 0.550 e. The molecule has 0 bridgehead atoms. The van der Waals surface area contributed by atoms with Crippen molar-refractivity contribution in [2.75, 3.05) is 13.2 Å². The first-order chi connectivity index (χ1) is 8.95. The van der Waals surface area contributed by atoms with Gasteiger partial charge in [0.05, 0.1) is 13.0 Å². The number of nitrogens with zero attached hydrogens (tertiary/aromatic N) is 1. The molecule has 1 aliphatic rings. The number of carbonyl (C=O) groups excluding carboxylic acids is 4. The third-order valence-corrected chi connectivity index (χ3v) is 2.58. The zero-order valence-corrected chi connectivity index (χ0v) is 10.5. The van der Waals surface area contributed by atoms with Crippen molar-refractivity contribution in [3.05, 3.63) is 11.6 Å². The third-order valence-electron chi connectivity index (χ3n) is 2.58. The van der Waals surface area contributed by atoms with E-state index in [4.69, 9.17) is 4.74 Å². The van der Waals surface area contributed by atoms with Crippen LogP contribution in [0, 0.1) is 0 Å². The van der Waals surface area contributed by atoms with Crippen molar-refractivity contribution >= 4 is 23.8 Å². The molecule has 0 atom stereocenters. The first-order valence-electron chi connectivity index (χ1n) is 5.87. The summed E-state index contributed by atoms with van der Waals surface area (Å²) in [4.78, 5) is 45.3. The van der Waals surface area contributed by atoms with Crippen LogP contribution in [0.4, 0.5) is 0 Å². The molecule has 0 N–H and O–H groups in total. The molecule has 0 aromatic heterocycles. The van der Waals surface area contributed by atoms with Crippen LogP contribution in [0.5, 0.6) is 0 Å². The number of esters is 1. The van der Waals surface area contributed by atoms with E-state index < -0.39 is 24.3 Å². The number of carboxylic acids is 1. The number of amides is 2. The molecule has 0 aromatic carbocycles. The molecule has 0 saturated carbocycles. The highest BCUT2D eigenvalue weighted by Crippen LogP contribution is 2.14. The number of ether oxygens (including phenoxy) is 1. The Labute approximate surface area is 109 Å². The molecule has 7 heteroatoms. The van der Waals surface area contributed by atoms with E-state index in [0.717, 1.165) is 4.90 Å². The van der Waals surface area contributed by atoms with Crippen LogP contribution >= 0.6 is 0 Å². The van der Waals surface area contributed by atoms with Crippen LogP contribution in [0.3, 0.4) is 0 Å². The molecule has 104 valence electrons. The molecule has 0 spiro atoms. The Balaban J connectivity index is 2.31. The number of carboxylic acid groups (broad SMARTS) is 1. The Morgan fingerprint density at radius 1 is 1.32 bits per heavy atom. The predicted octanol–water partition coefficient (Wildman–Crippen LogP) is -1.24. The Morgan fingerprint density at radius 3 is 2.53 bits per heavy atom. The Kier molecular flexibility index (Phi) is 5.23. The van der Waals surface area contributed by atoms with E-state index in [-0.39, 0.29) is 25.5 Å². The van der Waals surface area contributed by atoms with Crippen molar-refractivity contribution in [3.8, 4) is 0 Å². The van der Waals surface area contributed by atoms with Crippen molar-refractivity contribution in [1.82, 2.24) is 4.90 Å². The van der Waals surface area contributed by atoms with Crippen molar-refractivity contribution in [1.29, 1.82) is 0 Å². The van der Waals surface area contributed by atoms with Crippen LogP contribution in [-0.4, -0.2) is 41.8 Å². The number of aliphatic carboxylic acids is 1. The highest BCUT2D eigenvalue weighted by atomic mass is 16.5. The summed E-state index contributed by atoms with van der Waals surface area (Å²) in [7, 11) is 0. The smallest absolute Gasteiger partial charge is 0.306 e. The van der Waals surface area contributed by atoms with E-state index in [2.05, 4.69) is 0 Å². The van der Waals surface area contributed by atoms with Gasteiger partial charge in [0.1, 0.15) is 6.61 Å². The van der Waals surface area contributed by atoms with Gasteiger partial charge in [0.15, 0.2) is 0 Å². The van der Waals surface area contributed by atoms with Crippen molar-refractivity contribution in [2.24, 2.45) is 0 Å². The van der Waals surface area contributed by atoms with Crippen molar-refractivity contribution < 1.29 is 29.0 Å². The molecule has 0 unspecified atom stereocenters. The monoisotopic (exact) mass is 268 g/mol. The maximum absolute atomic E-state index is 11.6. The minimum atomic E-state index is -1.33. The molecule has 1 aliphatic heterocycles. The summed E-state index contributed by atoms with van der Waals surface area (Å²) in [5, 5.41) is 10.1. The maximum Gasteiger partial charge on any atom is 0.306 e. The maximum atomic E-state index is 11.6. The van der Waals surface area contributed by atoms with E-state index in [9.17, 15) is 24.3 Å². The topological polar surface area (TPSA) is 104 Å².